The molecule has 0 aromatic carbocycles. The number of fused-ring (bicyclic) bond motifs is 2. The van der Waals surface area contributed by atoms with E-state index in [1.807, 2.05) is 9.80 Å². The second-order valence-corrected chi connectivity index (χ2v) is 9.26. The minimum absolute atomic E-state index is 0.0555. The van der Waals surface area contributed by atoms with Gasteiger partial charge in [-0.1, -0.05) is 0 Å². The number of hydrogen-bond donors (Lipinski definition) is 1. The summed E-state index contributed by atoms with van der Waals surface area (Å²) in [6, 6.07) is 0. The lowest BCUT2D eigenvalue weighted by atomic mass is 9.65. The van der Waals surface area contributed by atoms with E-state index in [1.165, 1.54) is 0 Å². The Morgan fingerprint density at radius 1 is 1.00 bits per heavy atom. The molecule has 1 N–H and O–H groups in total. The van der Waals surface area contributed by atoms with Crippen molar-refractivity contribution in [1.82, 2.24) is 15.1 Å². The van der Waals surface area contributed by atoms with Crippen LogP contribution in [0.5, 0.6) is 0 Å². The van der Waals surface area contributed by atoms with Crippen molar-refractivity contribution in [3.63, 3.8) is 0 Å². The van der Waals surface area contributed by atoms with Crippen molar-refractivity contribution in [3.05, 3.63) is 0 Å². The van der Waals surface area contributed by atoms with Gasteiger partial charge >= 0.3 is 0 Å². The third kappa shape index (κ3) is 3.02. The molecule has 7 nitrogen and oxygen atoms in total. The van der Waals surface area contributed by atoms with Gasteiger partial charge in [0.05, 0.1) is 5.41 Å². The molecule has 3 heterocycles. The number of nitrogens with one attached hydrogen (secondary N) is 1. The Kier molecular flexibility index (Phi) is 5.14. The van der Waals surface area contributed by atoms with E-state index >= 15 is 0 Å². The highest BCUT2D eigenvalue weighted by atomic mass is 16.5. The largest absolute Gasteiger partial charge is 0.381 e. The van der Waals surface area contributed by atoms with Gasteiger partial charge in [0.2, 0.25) is 17.7 Å². The predicted molar refractivity (Wildman–Crippen MR) is 103 cm³/mol. The number of amides is 3. The molecule has 156 valence electrons. The second kappa shape index (κ2) is 7.32. The molecule has 1 saturated carbocycles. The summed E-state index contributed by atoms with van der Waals surface area (Å²) in [4.78, 5) is 41.7. The number of carbonyl (C=O) groups is 3. The summed E-state index contributed by atoms with van der Waals surface area (Å²) >= 11 is 0. The number of hydrogen-bond acceptors (Lipinski definition) is 4. The van der Waals surface area contributed by atoms with Crippen LogP contribution < -0.4 is 5.32 Å². The van der Waals surface area contributed by atoms with E-state index in [0.29, 0.717) is 26.3 Å². The molecule has 4 aliphatic rings. The molecule has 3 saturated heterocycles. The highest BCUT2D eigenvalue weighted by Crippen LogP contribution is 2.62. The predicted octanol–water partition coefficient (Wildman–Crippen LogP) is 1.03. The number of likely N-dealkylation sites (tertiary alicyclic amines) is 2. The highest BCUT2D eigenvalue weighted by Gasteiger charge is 2.64. The summed E-state index contributed by atoms with van der Waals surface area (Å²) < 4.78 is 5.39. The summed E-state index contributed by atoms with van der Waals surface area (Å²) in [6.45, 7) is 5.74. The number of piperidine rings is 1. The van der Waals surface area contributed by atoms with Gasteiger partial charge in [0.1, 0.15) is 0 Å². The first-order chi connectivity index (χ1) is 13.4. The Bertz CT molecular complexity index is 652. The van der Waals surface area contributed by atoms with Gasteiger partial charge in [-0.25, -0.2) is 0 Å². The van der Waals surface area contributed by atoms with Crippen molar-refractivity contribution >= 4 is 17.7 Å². The van der Waals surface area contributed by atoms with Crippen LogP contribution in [0.4, 0.5) is 0 Å². The van der Waals surface area contributed by atoms with Crippen LogP contribution in [0.2, 0.25) is 0 Å². The van der Waals surface area contributed by atoms with E-state index in [4.69, 9.17) is 4.74 Å². The Hall–Kier alpha value is -1.63. The Balaban J connectivity index is 1.48. The van der Waals surface area contributed by atoms with Gasteiger partial charge in [0, 0.05) is 59.3 Å². The minimum atomic E-state index is -0.451. The topological polar surface area (TPSA) is 79.0 Å². The monoisotopic (exact) mass is 391 g/mol. The standard InChI is InChI=1S/C21H33N3O4/c1-15(25)24-13-17-20(5-6-21(17,14-24)19(27)22-2)7-9-23(10-8-20)18(26)16-3-11-28-12-4-16/h16-17H,3-14H2,1-2H3,(H,22,27)/t17-,21+/m0/s1. The van der Waals surface area contributed by atoms with Gasteiger partial charge in [-0.15, -0.1) is 0 Å². The number of ether oxygens (including phenoxy) is 1. The molecule has 4 rings (SSSR count). The van der Waals surface area contributed by atoms with Crippen molar-refractivity contribution in [3.8, 4) is 0 Å². The van der Waals surface area contributed by atoms with Gasteiger partial charge < -0.3 is 19.9 Å². The van der Waals surface area contributed by atoms with Crippen LogP contribution in [0.1, 0.15) is 45.4 Å². The number of carbonyl (C=O) groups excluding carboxylic acids is 3. The molecule has 2 atom stereocenters. The van der Waals surface area contributed by atoms with Crippen LogP contribution in [-0.4, -0.2) is 74.0 Å². The van der Waals surface area contributed by atoms with Crippen LogP contribution in [0, 0.1) is 22.7 Å². The van der Waals surface area contributed by atoms with Crippen LogP contribution in [0.3, 0.4) is 0 Å². The van der Waals surface area contributed by atoms with Crippen molar-refractivity contribution in [2.24, 2.45) is 22.7 Å². The van der Waals surface area contributed by atoms with Crippen LogP contribution in [0.15, 0.2) is 0 Å². The molecular weight excluding hydrogens is 358 g/mol. The molecule has 0 unspecified atom stereocenters. The molecule has 7 heteroatoms. The van der Waals surface area contributed by atoms with E-state index in [2.05, 4.69) is 5.32 Å². The molecule has 3 aliphatic heterocycles. The maximum Gasteiger partial charge on any atom is 0.228 e. The van der Waals surface area contributed by atoms with E-state index in [9.17, 15) is 14.4 Å². The normalized spacial score (nSPS) is 32.4. The second-order valence-electron chi connectivity index (χ2n) is 9.26. The van der Waals surface area contributed by atoms with E-state index < -0.39 is 5.41 Å². The maximum absolute atomic E-state index is 12.9. The zero-order chi connectivity index (χ0) is 19.9. The molecule has 3 amide bonds. The first kappa shape index (κ1) is 19.7. The fraction of sp³-hybridized carbons (Fsp3) is 0.857. The first-order valence-electron chi connectivity index (χ1n) is 10.8. The average Bonchev–Trinajstić information content (AvgIpc) is 3.26. The minimum Gasteiger partial charge on any atom is -0.381 e. The van der Waals surface area contributed by atoms with Crippen LogP contribution >= 0.6 is 0 Å². The third-order valence-electron chi connectivity index (χ3n) is 8.12. The summed E-state index contributed by atoms with van der Waals surface area (Å²) in [6.07, 6.45) is 5.41. The van der Waals surface area contributed by atoms with Crippen molar-refractivity contribution in [2.75, 3.05) is 46.4 Å². The third-order valence-corrected chi connectivity index (χ3v) is 8.12. The summed E-state index contributed by atoms with van der Waals surface area (Å²) in [5.41, 5.74) is -0.378. The van der Waals surface area contributed by atoms with Gasteiger partial charge in [0.15, 0.2) is 0 Å². The zero-order valence-corrected chi connectivity index (χ0v) is 17.2. The fourth-order valence-corrected chi connectivity index (χ4v) is 6.40. The Labute approximate surface area is 167 Å². The molecule has 0 aromatic heterocycles. The van der Waals surface area contributed by atoms with Crippen molar-refractivity contribution in [1.29, 1.82) is 0 Å². The van der Waals surface area contributed by atoms with Crippen LogP contribution in [-0.2, 0) is 19.1 Å². The Morgan fingerprint density at radius 3 is 2.29 bits per heavy atom. The lowest BCUT2D eigenvalue weighted by Crippen LogP contribution is -2.50. The molecule has 4 fully saturated rings. The van der Waals surface area contributed by atoms with Gasteiger partial charge in [-0.2, -0.15) is 0 Å². The quantitative estimate of drug-likeness (QED) is 0.763. The van der Waals surface area contributed by atoms with Crippen molar-refractivity contribution in [2.45, 2.75) is 45.4 Å². The number of nitrogens with zero attached hydrogens (tertiary/aromatic N) is 2. The zero-order valence-electron chi connectivity index (χ0n) is 17.2. The van der Waals surface area contributed by atoms with Gasteiger partial charge in [-0.3, -0.25) is 14.4 Å². The van der Waals surface area contributed by atoms with E-state index in [0.717, 1.165) is 51.6 Å². The summed E-state index contributed by atoms with van der Waals surface area (Å²) in [5.74, 6) is 0.726. The molecule has 0 aromatic rings. The molecule has 1 aliphatic carbocycles. The van der Waals surface area contributed by atoms with E-state index in [-0.39, 0.29) is 35.0 Å². The first-order valence-corrected chi connectivity index (χ1v) is 10.8. The lowest BCUT2D eigenvalue weighted by Gasteiger charge is -2.45. The Morgan fingerprint density at radius 2 is 1.68 bits per heavy atom. The van der Waals surface area contributed by atoms with Gasteiger partial charge in [-0.05, 0) is 49.9 Å². The average molecular weight is 392 g/mol. The molecular formula is C21H33N3O4. The lowest BCUT2D eigenvalue weighted by molar-refractivity contribution is -0.142. The molecule has 1 spiro atoms. The number of rotatable bonds is 2. The summed E-state index contributed by atoms with van der Waals surface area (Å²) in [7, 11) is 1.70. The highest BCUT2D eigenvalue weighted by molar-refractivity contribution is 5.86. The van der Waals surface area contributed by atoms with Crippen LogP contribution in [0.25, 0.3) is 0 Å². The molecule has 28 heavy (non-hydrogen) atoms. The molecule has 0 radical (unpaired) electrons. The SMILES string of the molecule is CNC(=O)[C@@]12CCC3(CCN(C(=O)C4CCOCC4)CC3)[C@@H]1CN(C(C)=O)C2. The van der Waals surface area contributed by atoms with Crippen molar-refractivity contribution < 1.29 is 19.1 Å². The molecule has 0 bridgehead atoms. The smallest absolute Gasteiger partial charge is 0.228 e. The maximum atomic E-state index is 12.9. The summed E-state index contributed by atoms with van der Waals surface area (Å²) in [5, 5.41) is 2.87. The fourth-order valence-electron chi connectivity index (χ4n) is 6.40. The van der Waals surface area contributed by atoms with E-state index in [1.54, 1.807) is 14.0 Å². The van der Waals surface area contributed by atoms with Gasteiger partial charge in [0.25, 0.3) is 0 Å².